The Morgan fingerprint density at radius 2 is 1.79 bits per heavy atom. The van der Waals surface area contributed by atoms with Crippen LogP contribution in [0.2, 0.25) is 0 Å². The molecule has 3 rings (SSSR count). The number of ether oxygens (including phenoxy) is 1. The first-order valence-corrected chi connectivity index (χ1v) is 15.5. The van der Waals surface area contributed by atoms with E-state index in [-0.39, 0.29) is 63.9 Å². The second kappa shape index (κ2) is 17.8. The van der Waals surface area contributed by atoms with E-state index in [1.807, 2.05) is 4.90 Å². The van der Waals surface area contributed by atoms with Crippen LogP contribution in [0.4, 0.5) is 4.79 Å². The Bertz CT molecular complexity index is 1220. The first-order chi connectivity index (χ1) is 22.5. The predicted octanol–water partition coefficient (Wildman–Crippen LogP) is -4.25. The van der Waals surface area contributed by atoms with Gasteiger partial charge < -0.3 is 42.4 Å². The molecule has 0 saturated carbocycles. The molecule has 5 atom stereocenters. The highest BCUT2D eigenvalue weighted by Crippen LogP contribution is 2.20. The Morgan fingerprint density at radius 1 is 1.09 bits per heavy atom. The van der Waals surface area contributed by atoms with E-state index in [1.54, 1.807) is 6.92 Å². The van der Waals surface area contributed by atoms with E-state index in [4.69, 9.17) is 16.2 Å². The van der Waals surface area contributed by atoms with E-state index < -0.39 is 59.8 Å². The van der Waals surface area contributed by atoms with Crippen LogP contribution in [0.1, 0.15) is 39.0 Å². The molecule has 19 nitrogen and oxygen atoms in total. The zero-order valence-electron chi connectivity index (χ0n) is 26.4. The lowest BCUT2D eigenvalue weighted by Crippen LogP contribution is -2.60. The molecule has 0 aromatic carbocycles. The molecule has 3 fully saturated rings. The number of carbonyl (C=O) groups excluding carboxylic acids is 8. The zero-order chi connectivity index (χ0) is 34.5. The second-order valence-electron chi connectivity index (χ2n) is 11.5. The smallest absolute Gasteiger partial charge is 0.328 e. The number of guanidine groups is 1. The third-order valence-electron chi connectivity index (χ3n) is 8.42. The first-order valence-electron chi connectivity index (χ1n) is 15.5. The molecule has 3 heterocycles. The fourth-order valence-electron chi connectivity index (χ4n) is 5.72. The summed E-state index contributed by atoms with van der Waals surface area (Å²) in [6.45, 7) is 2.98. The SMILES string of the molecule is C[C@H](C(=O)C[C@@H](CCCN=C(N)N)C(=O)NC1CCOC1=O)N1CCN(C(=O)[C@H](CNC=O)N2C(=O)N[C@@H](CCNC=O)C2=O)CC1. The number of Topliss-reactive ketones (excluding diaryl/α,β-unsaturated/α-hetero) is 1. The number of urea groups is 1. The lowest BCUT2D eigenvalue weighted by atomic mass is 9.92. The number of hydrogen-bond donors (Lipinski definition) is 6. The summed E-state index contributed by atoms with van der Waals surface area (Å²) in [5, 5.41) is 9.98. The van der Waals surface area contributed by atoms with Crippen molar-refractivity contribution >= 4 is 54.3 Å². The first kappa shape index (κ1) is 36.7. The number of cyclic esters (lactones) is 1. The summed E-state index contributed by atoms with van der Waals surface area (Å²) in [4.78, 5) is 107. The fraction of sp³-hybridized carbons (Fsp3) is 0.679. The molecule has 3 saturated heterocycles. The molecule has 1 unspecified atom stereocenters. The van der Waals surface area contributed by atoms with Crippen molar-refractivity contribution in [2.24, 2.45) is 22.4 Å². The van der Waals surface area contributed by atoms with Crippen LogP contribution in [-0.4, -0.2) is 146 Å². The number of piperazine rings is 1. The number of ketones is 1. The van der Waals surface area contributed by atoms with E-state index in [0.29, 0.717) is 45.2 Å². The summed E-state index contributed by atoms with van der Waals surface area (Å²) in [7, 11) is 0. The minimum Gasteiger partial charge on any atom is -0.464 e. The molecule has 260 valence electrons. The van der Waals surface area contributed by atoms with Crippen LogP contribution < -0.4 is 32.7 Å². The standard InChI is InChI=1S/C28H44N10O9/c1-17(22(41)13-18(3-2-6-33-27(29)30)23(42)34-20-5-12-47-26(20)45)36-8-10-37(11-9-36)25(44)21(14-32-16-40)38-24(43)19(35-28(38)46)4-7-31-15-39/h15-21H,2-14H2,1H3,(H,31,39)(H,32,40)(H,34,42)(H,35,46)(H4,29,30,33)/t17-,18-,19+,20?,21+/m1/s1. The largest absolute Gasteiger partial charge is 0.464 e. The minimum absolute atomic E-state index is 0.0866. The molecular weight excluding hydrogens is 620 g/mol. The molecule has 0 aliphatic carbocycles. The summed E-state index contributed by atoms with van der Waals surface area (Å²) in [5.41, 5.74) is 10.8. The van der Waals surface area contributed by atoms with Gasteiger partial charge >= 0.3 is 12.0 Å². The Labute approximate surface area is 271 Å². The maximum Gasteiger partial charge on any atom is 0.328 e. The molecule has 0 aromatic heterocycles. The zero-order valence-corrected chi connectivity index (χ0v) is 26.4. The highest BCUT2D eigenvalue weighted by molar-refractivity contribution is 6.07. The summed E-state index contributed by atoms with van der Waals surface area (Å²) in [5.74, 6) is -3.17. The maximum absolute atomic E-state index is 13.6. The summed E-state index contributed by atoms with van der Waals surface area (Å²) >= 11 is 0. The third-order valence-corrected chi connectivity index (χ3v) is 8.42. The number of nitrogens with one attached hydrogen (secondary N) is 4. The molecule has 47 heavy (non-hydrogen) atoms. The van der Waals surface area contributed by atoms with Gasteiger partial charge in [0, 0.05) is 64.6 Å². The third kappa shape index (κ3) is 10.1. The summed E-state index contributed by atoms with van der Waals surface area (Å²) < 4.78 is 4.92. The predicted molar refractivity (Wildman–Crippen MR) is 164 cm³/mol. The lowest BCUT2D eigenvalue weighted by Gasteiger charge is -2.39. The van der Waals surface area contributed by atoms with E-state index in [9.17, 15) is 38.4 Å². The van der Waals surface area contributed by atoms with Gasteiger partial charge in [0.25, 0.3) is 5.91 Å². The lowest BCUT2D eigenvalue weighted by molar-refractivity contribution is -0.144. The van der Waals surface area contributed by atoms with Gasteiger partial charge in [-0.05, 0) is 26.2 Å². The van der Waals surface area contributed by atoms with Gasteiger partial charge in [-0.3, -0.25) is 38.7 Å². The highest BCUT2D eigenvalue weighted by Gasteiger charge is 2.46. The molecule has 0 spiro atoms. The number of carbonyl (C=O) groups is 8. The van der Waals surface area contributed by atoms with E-state index in [2.05, 4.69) is 26.3 Å². The normalized spacial score (nSPS) is 21.6. The van der Waals surface area contributed by atoms with Gasteiger partial charge in [0.15, 0.2) is 5.96 Å². The average Bonchev–Trinajstić information content (AvgIpc) is 3.58. The molecule has 0 aromatic rings. The van der Waals surface area contributed by atoms with Crippen LogP contribution in [0.25, 0.3) is 0 Å². The number of rotatable bonds is 19. The van der Waals surface area contributed by atoms with Crippen LogP contribution in [-0.2, 0) is 38.3 Å². The van der Waals surface area contributed by atoms with Gasteiger partial charge in [-0.25, -0.2) is 14.5 Å². The second-order valence-corrected chi connectivity index (χ2v) is 11.5. The van der Waals surface area contributed by atoms with E-state index >= 15 is 0 Å². The number of aliphatic imine (C=N–C) groups is 1. The summed E-state index contributed by atoms with van der Waals surface area (Å²) in [6.07, 6.45) is 1.95. The number of nitrogens with two attached hydrogens (primary N) is 2. The minimum atomic E-state index is -1.29. The molecule has 3 aliphatic heterocycles. The monoisotopic (exact) mass is 664 g/mol. The molecule has 0 radical (unpaired) electrons. The molecule has 8 N–H and O–H groups in total. The number of imide groups is 1. The Kier molecular flexibility index (Phi) is 13.9. The van der Waals surface area contributed by atoms with E-state index in [0.717, 1.165) is 4.90 Å². The van der Waals surface area contributed by atoms with Crippen molar-refractivity contribution in [2.75, 3.05) is 52.4 Å². The molecule has 7 amide bonds. The summed E-state index contributed by atoms with van der Waals surface area (Å²) in [6, 6.07) is -4.38. The van der Waals surface area contributed by atoms with Crippen LogP contribution in [0, 0.1) is 5.92 Å². The number of amides is 7. The molecule has 0 bridgehead atoms. The van der Waals surface area contributed by atoms with Crippen molar-refractivity contribution in [3.63, 3.8) is 0 Å². The maximum atomic E-state index is 13.6. The van der Waals surface area contributed by atoms with Crippen molar-refractivity contribution in [3.8, 4) is 0 Å². The Morgan fingerprint density at radius 3 is 2.40 bits per heavy atom. The molecular formula is C28H44N10O9. The van der Waals surface area contributed by atoms with Crippen LogP contribution in [0.15, 0.2) is 4.99 Å². The van der Waals surface area contributed by atoms with Gasteiger partial charge in [-0.2, -0.15) is 0 Å². The van der Waals surface area contributed by atoms with Gasteiger partial charge in [-0.15, -0.1) is 0 Å². The number of hydrogen-bond acceptors (Lipinski definition) is 11. The Hall–Kier alpha value is -4.81. The van der Waals surface area contributed by atoms with Crippen molar-refractivity contribution < 1.29 is 43.1 Å². The Balaban J connectivity index is 1.60. The average molecular weight is 665 g/mol. The molecule has 19 heteroatoms. The van der Waals surface area contributed by atoms with Crippen molar-refractivity contribution in [3.05, 3.63) is 0 Å². The number of nitrogens with zero attached hydrogens (tertiary/aromatic N) is 4. The van der Waals surface area contributed by atoms with Crippen LogP contribution in [0.3, 0.4) is 0 Å². The van der Waals surface area contributed by atoms with Gasteiger partial charge in [0.1, 0.15) is 23.9 Å². The molecule has 3 aliphatic rings. The van der Waals surface area contributed by atoms with Crippen molar-refractivity contribution in [1.29, 1.82) is 0 Å². The van der Waals surface area contributed by atoms with Crippen molar-refractivity contribution in [2.45, 2.75) is 63.2 Å². The highest BCUT2D eigenvalue weighted by atomic mass is 16.5. The fourth-order valence-corrected chi connectivity index (χ4v) is 5.72. The van der Waals surface area contributed by atoms with Gasteiger partial charge in [-0.1, -0.05) is 0 Å². The topological polar surface area (TPSA) is 268 Å². The van der Waals surface area contributed by atoms with Crippen LogP contribution in [0.5, 0.6) is 0 Å². The van der Waals surface area contributed by atoms with Crippen LogP contribution >= 0.6 is 0 Å². The van der Waals surface area contributed by atoms with Gasteiger partial charge in [0.2, 0.25) is 24.6 Å². The van der Waals surface area contributed by atoms with Gasteiger partial charge in [0.05, 0.1) is 12.6 Å². The van der Waals surface area contributed by atoms with E-state index in [1.165, 1.54) is 4.90 Å². The number of esters is 1. The van der Waals surface area contributed by atoms with Crippen molar-refractivity contribution in [1.82, 2.24) is 36.0 Å². The quantitative estimate of drug-likeness (QED) is 0.0191.